The minimum absolute atomic E-state index is 0.760. The van der Waals surface area contributed by atoms with E-state index in [1.165, 1.54) is 0 Å². The zero-order valence-electron chi connectivity index (χ0n) is 6.28. The minimum Gasteiger partial charge on any atom is -0.399 e. The lowest BCUT2D eigenvalue weighted by molar-refractivity contribution is 0.948. The highest BCUT2D eigenvalue weighted by atomic mass is 15.0. The number of aromatic nitrogens is 2. The van der Waals surface area contributed by atoms with Crippen LogP contribution >= 0.6 is 0 Å². The Hall–Kier alpha value is -1.51. The largest absolute Gasteiger partial charge is 0.399 e. The third-order valence-electron chi connectivity index (χ3n) is 1.75. The van der Waals surface area contributed by atoms with Crippen LogP contribution in [-0.4, -0.2) is 9.55 Å². The summed E-state index contributed by atoms with van der Waals surface area (Å²) in [5.41, 5.74) is 8.41. The van der Waals surface area contributed by atoms with Gasteiger partial charge in [-0.2, -0.15) is 0 Å². The van der Waals surface area contributed by atoms with Crippen LogP contribution in [-0.2, 0) is 7.05 Å². The molecule has 0 aliphatic carbocycles. The summed E-state index contributed by atoms with van der Waals surface area (Å²) in [5, 5.41) is 0. The summed E-state index contributed by atoms with van der Waals surface area (Å²) < 4.78 is 1.97. The van der Waals surface area contributed by atoms with Gasteiger partial charge in [-0.15, -0.1) is 0 Å². The van der Waals surface area contributed by atoms with Gasteiger partial charge in [-0.25, -0.2) is 4.98 Å². The first-order valence-corrected chi connectivity index (χ1v) is 3.44. The van der Waals surface area contributed by atoms with E-state index in [4.69, 9.17) is 5.73 Å². The van der Waals surface area contributed by atoms with Crippen LogP contribution in [0.2, 0.25) is 0 Å². The summed E-state index contributed by atoms with van der Waals surface area (Å²) in [7, 11) is 1.96. The highest BCUT2D eigenvalue weighted by Crippen LogP contribution is 2.14. The maximum Gasteiger partial charge on any atom is 0.0955 e. The fraction of sp³-hybridized carbons (Fsp3) is 0.125. The van der Waals surface area contributed by atoms with E-state index in [2.05, 4.69) is 4.98 Å². The third kappa shape index (κ3) is 0.852. The first-order chi connectivity index (χ1) is 5.27. The Morgan fingerprint density at radius 2 is 2.27 bits per heavy atom. The second-order valence-electron chi connectivity index (χ2n) is 2.60. The molecular formula is C8H9N3. The molecule has 11 heavy (non-hydrogen) atoms. The first kappa shape index (κ1) is 6.22. The number of nitrogens with zero attached hydrogens (tertiary/aromatic N) is 2. The third-order valence-corrected chi connectivity index (χ3v) is 1.75. The Labute approximate surface area is 64.5 Å². The lowest BCUT2D eigenvalue weighted by atomic mass is 10.3. The second kappa shape index (κ2) is 1.99. The number of hydrogen-bond acceptors (Lipinski definition) is 2. The molecule has 1 aromatic carbocycles. The van der Waals surface area contributed by atoms with Crippen LogP contribution in [0, 0.1) is 0 Å². The Bertz CT molecular complexity index is 389. The lowest BCUT2D eigenvalue weighted by Gasteiger charge is -1.94. The summed E-state index contributed by atoms with van der Waals surface area (Å²) in [5.74, 6) is 0. The summed E-state index contributed by atoms with van der Waals surface area (Å²) >= 11 is 0. The molecule has 0 unspecified atom stereocenters. The first-order valence-electron chi connectivity index (χ1n) is 3.44. The number of fused-ring (bicyclic) bond motifs is 1. The molecule has 0 saturated heterocycles. The predicted molar refractivity (Wildman–Crippen MR) is 45.1 cm³/mol. The lowest BCUT2D eigenvalue weighted by Crippen LogP contribution is -1.85. The Kier molecular flexibility index (Phi) is 1.12. The van der Waals surface area contributed by atoms with Crippen molar-refractivity contribution in [1.82, 2.24) is 9.55 Å². The molecule has 3 nitrogen and oxygen atoms in total. The molecule has 0 radical (unpaired) electrons. The van der Waals surface area contributed by atoms with Gasteiger partial charge < -0.3 is 10.3 Å². The summed E-state index contributed by atoms with van der Waals surface area (Å²) in [6, 6.07) is 5.72. The van der Waals surface area contributed by atoms with Gasteiger partial charge in [-0.3, -0.25) is 0 Å². The number of hydrogen-bond donors (Lipinski definition) is 1. The Balaban J connectivity index is 2.86. The molecule has 2 aromatic rings. The molecule has 3 heteroatoms. The van der Waals surface area contributed by atoms with Crippen molar-refractivity contribution in [1.29, 1.82) is 0 Å². The number of nitrogen functional groups attached to an aromatic ring is 1. The van der Waals surface area contributed by atoms with Gasteiger partial charge >= 0.3 is 0 Å². The molecule has 2 rings (SSSR count). The van der Waals surface area contributed by atoms with Crippen LogP contribution in [0.4, 0.5) is 5.69 Å². The van der Waals surface area contributed by atoms with Crippen LogP contribution < -0.4 is 5.73 Å². The van der Waals surface area contributed by atoms with Crippen molar-refractivity contribution < 1.29 is 0 Å². The number of nitrogens with two attached hydrogens (primary N) is 1. The van der Waals surface area contributed by atoms with Gasteiger partial charge in [0.1, 0.15) is 0 Å². The predicted octanol–water partition coefficient (Wildman–Crippen LogP) is 1.16. The minimum atomic E-state index is 0.760. The monoisotopic (exact) mass is 147 g/mol. The topological polar surface area (TPSA) is 43.8 Å². The highest BCUT2D eigenvalue weighted by Gasteiger charge is 1.97. The highest BCUT2D eigenvalue weighted by molar-refractivity contribution is 5.78. The van der Waals surface area contributed by atoms with Gasteiger partial charge in [0.2, 0.25) is 0 Å². The van der Waals surface area contributed by atoms with E-state index in [1.54, 1.807) is 6.33 Å². The van der Waals surface area contributed by atoms with Gasteiger partial charge in [-0.05, 0) is 18.2 Å². The van der Waals surface area contributed by atoms with Crippen LogP contribution in [0.15, 0.2) is 24.5 Å². The molecule has 1 aromatic heterocycles. The Morgan fingerprint density at radius 3 is 3.09 bits per heavy atom. The molecule has 0 fully saturated rings. The Morgan fingerprint density at radius 1 is 1.45 bits per heavy atom. The van der Waals surface area contributed by atoms with E-state index < -0.39 is 0 Å². The van der Waals surface area contributed by atoms with Crippen molar-refractivity contribution in [3.05, 3.63) is 24.5 Å². The van der Waals surface area contributed by atoms with Gasteiger partial charge in [0.25, 0.3) is 0 Å². The number of benzene rings is 1. The van der Waals surface area contributed by atoms with E-state index in [1.807, 2.05) is 29.8 Å². The summed E-state index contributed by atoms with van der Waals surface area (Å²) in [4.78, 5) is 4.16. The van der Waals surface area contributed by atoms with Crippen molar-refractivity contribution >= 4 is 16.7 Å². The number of anilines is 1. The molecule has 0 aliphatic heterocycles. The maximum atomic E-state index is 5.58. The molecule has 2 N–H and O–H groups in total. The van der Waals surface area contributed by atoms with Crippen LogP contribution in [0.25, 0.3) is 11.0 Å². The van der Waals surface area contributed by atoms with Gasteiger partial charge in [-0.1, -0.05) is 0 Å². The van der Waals surface area contributed by atoms with E-state index in [0.717, 1.165) is 16.7 Å². The van der Waals surface area contributed by atoms with Crippen LogP contribution in [0.3, 0.4) is 0 Å². The van der Waals surface area contributed by atoms with Gasteiger partial charge in [0.05, 0.1) is 17.4 Å². The van der Waals surface area contributed by atoms with E-state index in [9.17, 15) is 0 Å². The number of rotatable bonds is 0. The average molecular weight is 147 g/mol. The normalized spacial score (nSPS) is 10.6. The molecule has 1 heterocycles. The maximum absolute atomic E-state index is 5.58. The van der Waals surface area contributed by atoms with Crippen molar-refractivity contribution in [2.75, 3.05) is 5.73 Å². The second-order valence-corrected chi connectivity index (χ2v) is 2.60. The molecule has 0 spiro atoms. The quantitative estimate of drug-likeness (QED) is 0.568. The van der Waals surface area contributed by atoms with Crippen molar-refractivity contribution in [3.63, 3.8) is 0 Å². The average Bonchev–Trinajstić information content (AvgIpc) is 2.32. The molecule has 0 saturated carbocycles. The van der Waals surface area contributed by atoms with Gasteiger partial charge in [0.15, 0.2) is 0 Å². The molecule has 0 atom stereocenters. The van der Waals surface area contributed by atoms with E-state index >= 15 is 0 Å². The zero-order chi connectivity index (χ0) is 7.84. The number of imidazole rings is 1. The molecule has 0 bridgehead atoms. The van der Waals surface area contributed by atoms with Crippen LogP contribution in [0.1, 0.15) is 0 Å². The smallest absolute Gasteiger partial charge is 0.0955 e. The van der Waals surface area contributed by atoms with E-state index in [-0.39, 0.29) is 0 Å². The fourth-order valence-electron chi connectivity index (χ4n) is 1.15. The fourth-order valence-corrected chi connectivity index (χ4v) is 1.15. The van der Waals surface area contributed by atoms with Gasteiger partial charge in [0, 0.05) is 12.7 Å². The van der Waals surface area contributed by atoms with E-state index in [0.29, 0.717) is 0 Å². The SMILES string of the molecule is Cn1cnc2cc(N)ccc21. The van der Waals surface area contributed by atoms with Crippen molar-refractivity contribution in [3.8, 4) is 0 Å². The molecule has 56 valence electrons. The van der Waals surface area contributed by atoms with Crippen molar-refractivity contribution in [2.45, 2.75) is 0 Å². The number of aryl methyl sites for hydroxylation is 1. The molecule has 0 aliphatic rings. The summed E-state index contributed by atoms with van der Waals surface area (Å²) in [6.07, 6.45) is 1.78. The zero-order valence-corrected chi connectivity index (χ0v) is 6.28. The van der Waals surface area contributed by atoms with Crippen LogP contribution in [0.5, 0.6) is 0 Å². The van der Waals surface area contributed by atoms with Crippen molar-refractivity contribution in [2.24, 2.45) is 7.05 Å². The molecule has 0 amide bonds. The standard InChI is InChI=1S/C8H9N3/c1-11-5-10-7-4-6(9)2-3-8(7)11/h2-5H,9H2,1H3. The molecular weight excluding hydrogens is 138 g/mol. The summed E-state index contributed by atoms with van der Waals surface area (Å²) in [6.45, 7) is 0.